The monoisotopic (exact) mass is 1470 g/mol. The second-order valence-electron chi connectivity index (χ2n) is 25.9. The Morgan fingerprint density at radius 1 is 0.437 bits per heavy atom. The number of phenols is 1. The van der Waals surface area contributed by atoms with Gasteiger partial charge in [-0.3, -0.25) is 47.9 Å². The zero-order chi connectivity index (χ0) is 76.1. The first kappa shape index (κ1) is 88.5. The Kier molecular flexibility index (Phi) is 40.8. The molecule has 0 bridgehead atoms. The van der Waals surface area contributed by atoms with Crippen molar-refractivity contribution in [1.29, 1.82) is 0 Å². The summed E-state index contributed by atoms with van der Waals surface area (Å²) in [4.78, 5) is 130. The van der Waals surface area contributed by atoms with Gasteiger partial charge in [0.25, 0.3) is 0 Å². The van der Waals surface area contributed by atoms with Crippen LogP contribution in [0.5, 0.6) is 5.75 Å². The number of phenolic OH excluding ortho intramolecular Hbond substituents is 1. The summed E-state index contributed by atoms with van der Waals surface area (Å²) in [5, 5.41) is 125. The number of hydrogen-bond donors (Lipinski definition) is 21. The minimum Gasteiger partial charge on any atom is -0.508 e. The number of aliphatic hydroxyl groups is 9. The fourth-order valence-electron chi connectivity index (χ4n) is 11.6. The summed E-state index contributed by atoms with van der Waals surface area (Å²) in [7, 11) is 0. The molecule has 4 rings (SSSR count). The van der Waals surface area contributed by atoms with Crippen LogP contribution >= 0.6 is 0 Å². The molecule has 19 atom stereocenters. The van der Waals surface area contributed by atoms with E-state index in [9.17, 15) is 99.0 Å². The molecule has 103 heavy (non-hydrogen) atoms. The predicted octanol–water partition coefficient (Wildman–Crippen LogP) is -6.55. The molecule has 37 heteroatoms. The van der Waals surface area contributed by atoms with Gasteiger partial charge < -0.3 is 139 Å². The summed E-state index contributed by atoms with van der Waals surface area (Å²) in [6, 6.07) is -2.58. The van der Waals surface area contributed by atoms with E-state index in [0.29, 0.717) is 82.6 Å². The summed E-state index contributed by atoms with van der Waals surface area (Å²) < 4.78 is 34.1. The highest BCUT2D eigenvalue weighted by Crippen LogP contribution is 2.26. The average molecular weight is 1470 g/mol. The molecule has 3 aliphatic heterocycles. The van der Waals surface area contributed by atoms with E-state index < -0.39 is 208 Å². The van der Waals surface area contributed by atoms with Crippen LogP contribution in [0.4, 0.5) is 0 Å². The maximum atomic E-state index is 14.0. The molecule has 3 saturated heterocycles. The molecular formula is C66H111N11O26. The summed E-state index contributed by atoms with van der Waals surface area (Å²) in [5.74, 6) is -6.58. The second-order valence-corrected chi connectivity index (χ2v) is 25.9. The van der Waals surface area contributed by atoms with Crippen LogP contribution in [-0.4, -0.2) is 286 Å². The summed E-state index contributed by atoms with van der Waals surface area (Å²) in [6.45, 7) is 2.44. The first-order chi connectivity index (χ1) is 49.1. The van der Waals surface area contributed by atoms with Crippen molar-refractivity contribution in [1.82, 2.24) is 47.9 Å². The molecule has 23 N–H and O–H groups in total. The molecule has 3 heterocycles. The largest absolute Gasteiger partial charge is 0.508 e. The predicted molar refractivity (Wildman–Crippen MR) is 361 cm³/mol. The highest BCUT2D eigenvalue weighted by atomic mass is 16.7. The maximum Gasteiger partial charge on any atom is 0.242 e. The third-order valence-corrected chi connectivity index (χ3v) is 17.4. The van der Waals surface area contributed by atoms with Gasteiger partial charge in [0.15, 0.2) is 18.9 Å². The van der Waals surface area contributed by atoms with Crippen molar-refractivity contribution in [3.63, 3.8) is 0 Å². The lowest BCUT2D eigenvalue weighted by Gasteiger charge is -2.42. The molecule has 3 aliphatic rings. The SMILES string of the molecule is CC(=O)N[C@H]1[C@H](OCCCCCCNC(=O)C(CCC(N)=O)NC(=O)CCC(NC(=O)CCC(NC(=O)C(N)Cc2ccc(O)cc2)C(=O)NCCCCCCO[C@@H]2O[C@H](CO)[C@H](O)[C@H](O)[C@H]2NC(C)=O)C(=O)NCCCCCCO[C@@H]2O[C@H](CO)[C@H](O)[C@H](O)[C@H]2NC(C)=O)O[C@H](CO)[C@H](O)[C@@H]1O. The number of carbonyl (C=O) groups excluding carboxylic acids is 10. The van der Waals surface area contributed by atoms with Crippen molar-refractivity contribution in [3.8, 4) is 5.75 Å². The van der Waals surface area contributed by atoms with Gasteiger partial charge in [-0.2, -0.15) is 0 Å². The molecule has 0 aromatic heterocycles. The number of amides is 10. The molecule has 1 aromatic rings. The number of unbranched alkanes of at least 4 members (excludes halogenated alkanes) is 9. The fourth-order valence-corrected chi connectivity index (χ4v) is 11.6. The Morgan fingerprint density at radius 3 is 1.06 bits per heavy atom. The Hall–Kier alpha value is -6.92. The smallest absolute Gasteiger partial charge is 0.242 e. The first-order valence-electron chi connectivity index (χ1n) is 35.2. The molecule has 0 spiro atoms. The van der Waals surface area contributed by atoms with Crippen LogP contribution in [-0.2, 0) is 82.8 Å². The standard InChI is InChI=1S/C66H111N11O26/c1-36(81)72-51-57(91)54(88)45(33-78)101-64(51)98-29-13-7-4-10-26-69-61(95)42(20-23-48(68)85)75-49(86)24-21-43(62(96)70-27-11-5-8-14-30-99-65-52(73-37(2)82)58(92)55(89)46(34-79)102-65)76-50(87)25-22-44(77-60(94)41(67)32-39-16-18-40(84)19-17-39)63(97)71-28-12-6-9-15-31-100-66-53(74-38(3)83)59(93)56(90)47(35-80)103-66/h16-19,41-47,51-59,64-66,78-80,84,88-93H,4-15,20-35,67H2,1-3H3,(H2,68,85)(H,69,95)(H,70,96)(H,71,97)(H,72,81)(H,73,82)(H,74,83)(H,75,86)(H,76,87)(H,77,94)/t41?,42?,43?,44?,45-,46-,47-,51-,52-,53-,54+,55+,56+,57-,58-,59-,64-,65-,66-/m1/s1. The number of benzene rings is 1. The van der Waals surface area contributed by atoms with Gasteiger partial charge in [0.2, 0.25) is 59.1 Å². The molecule has 1 aromatic carbocycles. The molecule has 4 unspecified atom stereocenters. The Morgan fingerprint density at radius 2 is 0.748 bits per heavy atom. The van der Waals surface area contributed by atoms with Crippen molar-refractivity contribution in [2.75, 3.05) is 59.3 Å². The van der Waals surface area contributed by atoms with Gasteiger partial charge in [-0.25, -0.2) is 0 Å². The van der Waals surface area contributed by atoms with Gasteiger partial charge in [-0.05, 0) is 81.9 Å². The zero-order valence-corrected chi connectivity index (χ0v) is 58.7. The van der Waals surface area contributed by atoms with E-state index in [1.54, 1.807) is 12.1 Å². The van der Waals surface area contributed by atoms with Crippen LogP contribution < -0.4 is 59.3 Å². The van der Waals surface area contributed by atoms with E-state index in [2.05, 4.69) is 47.9 Å². The molecule has 37 nitrogen and oxygen atoms in total. The fraction of sp³-hybridized carbons (Fsp3) is 0.758. The van der Waals surface area contributed by atoms with Crippen LogP contribution in [0, 0.1) is 0 Å². The van der Waals surface area contributed by atoms with Crippen molar-refractivity contribution in [2.24, 2.45) is 11.5 Å². The lowest BCUT2D eigenvalue weighted by atomic mass is 9.97. The van der Waals surface area contributed by atoms with Crippen LogP contribution in [0.15, 0.2) is 24.3 Å². The molecule has 10 amide bonds. The van der Waals surface area contributed by atoms with E-state index >= 15 is 0 Å². The number of ether oxygens (including phenoxy) is 6. The third kappa shape index (κ3) is 31.7. The minimum absolute atomic E-state index is 0.00465. The number of aromatic hydroxyl groups is 1. The van der Waals surface area contributed by atoms with Crippen molar-refractivity contribution in [2.45, 2.75) is 259 Å². The minimum atomic E-state index is -1.50. The lowest BCUT2D eigenvalue weighted by molar-refractivity contribution is -0.270. The molecule has 0 saturated carbocycles. The van der Waals surface area contributed by atoms with Gasteiger partial charge in [0, 0.05) is 79.5 Å². The number of nitrogens with one attached hydrogen (secondary N) is 9. The Balaban J connectivity index is 1.38. The van der Waals surface area contributed by atoms with E-state index in [1.807, 2.05) is 0 Å². The summed E-state index contributed by atoms with van der Waals surface area (Å²) >= 11 is 0. The number of rotatable bonds is 48. The normalized spacial score (nSPS) is 25.9. The highest BCUT2D eigenvalue weighted by Gasteiger charge is 2.48. The highest BCUT2D eigenvalue weighted by molar-refractivity contribution is 5.92. The number of primary amides is 1. The van der Waals surface area contributed by atoms with E-state index in [1.165, 1.54) is 32.9 Å². The van der Waals surface area contributed by atoms with Gasteiger partial charge in [0.05, 0.1) is 25.9 Å². The van der Waals surface area contributed by atoms with Gasteiger partial charge in [-0.15, -0.1) is 0 Å². The van der Waals surface area contributed by atoms with Gasteiger partial charge in [0.1, 0.15) is 96.9 Å². The number of nitrogens with two attached hydrogens (primary N) is 2. The maximum absolute atomic E-state index is 14.0. The summed E-state index contributed by atoms with van der Waals surface area (Å²) in [5.41, 5.74) is 12.3. The molecule has 586 valence electrons. The van der Waals surface area contributed by atoms with Crippen molar-refractivity contribution < 1.29 is 127 Å². The zero-order valence-electron chi connectivity index (χ0n) is 58.7. The molecule has 0 aliphatic carbocycles. The van der Waals surface area contributed by atoms with Crippen LogP contribution in [0.1, 0.15) is 142 Å². The third-order valence-electron chi connectivity index (χ3n) is 17.4. The molecule has 0 radical (unpaired) electrons. The second kappa shape index (κ2) is 47.5. The van der Waals surface area contributed by atoms with Crippen LogP contribution in [0.2, 0.25) is 0 Å². The number of hydrogen-bond acceptors (Lipinski definition) is 27. The topological polar surface area (TPSA) is 589 Å². The lowest BCUT2D eigenvalue weighted by Crippen LogP contribution is -2.64. The van der Waals surface area contributed by atoms with Crippen molar-refractivity contribution >= 4 is 59.1 Å². The Labute approximate surface area is 597 Å². The van der Waals surface area contributed by atoms with E-state index in [-0.39, 0.29) is 77.3 Å². The van der Waals surface area contributed by atoms with Gasteiger partial charge >= 0.3 is 0 Å². The first-order valence-corrected chi connectivity index (χ1v) is 35.2. The summed E-state index contributed by atoms with van der Waals surface area (Å²) in [6.07, 6.45) is -11.9. The van der Waals surface area contributed by atoms with E-state index in [4.69, 9.17) is 39.9 Å². The van der Waals surface area contributed by atoms with Gasteiger partial charge in [-0.1, -0.05) is 50.7 Å². The van der Waals surface area contributed by atoms with E-state index in [0.717, 1.165) is 0 Å². The molecule has 3 fully saturated rings. The number of aliphatic hydroxyl groups excluding tert-OH is 9. The molecular weight excluding hydrogens is 1360 g/mol. The van der Waals surface area contributed by atoms with Crippen LogP contribution in [0.25, 0.3) is 0 Å². The Bertz CT molecular complexity index is 2780. The quantitative estimate of drug-likeness (QED) is 0.0270. The van der Waals surface area contributed by atoms with Crippen LogP contribution in [0.3, 0.4) is 0 Å². The van der Waals surface area contributed by atoms with Crippen molar-refractivity contribution in [3.05, 3.63) is 29.8 Å². The number of carbonyl (C=O) groups is 10. The average Bonchev–Trinajstić information content (AvgIpc) is 0.820.